The quantitative estimate of drug-likeness (QED) is 0.553. The van der Waals surface area contributed by atoms with Crippen LogP contribution in [0.2, 0.25) is 0 Å². The number of aliphatic imine (C=N–C) groups is 1. The summed E-state index contributed by atoms with van der Waals surface area (Å²) < 4.78 is 0. The highest BCUT2D eigenvalue weighted by Crippen LogP contribution is 2.30. The van der Waals surface area contributed by atoms with Gasteiger partial charge < -0.3 is 5.11 Å². The summed E-state index contributed by atoms with van der Waals surface area (Å²) in [5, 5.41) is 11.5. The molecule has 0 amide bonds. The number of aromatic hydroxyl groups is 1. The Balaban J connectivity index is 2.19. The molecule has 0 aliphatic carbocycles. The minimum atomic E-state index is -0.000317. The summed E-state index contributed by atoms with van der Waals surface area (Å²) in [6.07, 6.45) is 4.26. The standard InChI is InChI=1S/C21H17NO2/c1-2-22-13-19(15-6-4-3-5-7-15)17-8-10-18-16(12-17)9-11-21(24)20(18)14-23/h2-14,24H,1H3/b19-13+,22-2-. The average molecular weight is 315 g/mol. The maximum absolute atomic E-state index is 11.2. The topological polar surface area (TPSA) is 49.7 Å². The molecule has 0 bridgehead atoms. The maximum Gasteiger partial charge on any atom is 0.154 e. The number of phenols is 1. The van der Waals surface area contributed by atoms with E-state index in [0.29, 0.717) is 11.8 Å². The molecule has 3 rings (SSSR count). The molecule has 0 aliphatic rings. The Morgan fingerprint density at radius 3 is 2.50 bits per heavy atom. The molecule has 0 unspecified atom stereocenters. The minimum Gasteiger partial charge on any atom is -0.507 e. The van der Waals surface area contributed by atoms with Crippen LogP contribution >= 0.6 is 0 Å². The van der Waals surface area contributed by atoms with Gasteiger partial charge in [-0.05, 0) is 41.0 Å². The van der Waals surface area contributed by atoms with Crippen molar-refractivity contribution in [2.45, 2.75) is 6.92 Å². The monoisotopic (exact) mass is 315 g/mol. The third kappa shape index (κ3) is 2.97. The number of fused-ring (bicyclic) bond motifs is 1. The van der Waals surface area contributed by atoms with E-state index in [1.54, 1.807) is 12.3 Å². The highest BCUT2D eigenvalue weighted by Gasteiger charge is 2.09. The van der Waals surface area contributed by atoms with E-state index in [0.717, 1.165) is 27.5 Å². The highest BCUT2D eigenvalue weighted by atomic mass is 16.3. The number of carbonyl (C=O) groups is 1. The molecule has 0 radical (unpaired) electrons. The fourth-order valence-electron chi connectivity index (χ4n) is 2.72. The molecule has 0 aromatic heterocycles. The molecule has 0 heterocycles. The maximum atomic E-state index is 11.2. The first-order valence-corrected chi connectivity index (χ1v) is 7.69. The number of aldehydes is 1. The fourth-order valence-corrected chi connectivity index (χ4v) is 2.72. The number of carbonyl (C=O) groups excluding carboxylic acids is 1. The average Bonchev–Trinajstić information content (AvgIpc) is 2.63. The largest absolute Gasteiger partial charge is 0.507 e. The van der Waals surface area contributed by atoms with Crippen molar-refractivity contribution in [3.8, 4) is 5.75 Å². The fraction of sp³-hybridized carbons (Fsp3) is 0.0476. The van der Waals surface area contributed by atoms with Gasteiger partial charge in [0.25, 0.3) is 0 Å². The van der Waals surface area contributed by atoms with Crippen molar-refractivity contribution in [3.05, 3.63) is 83.6 Å². The van der Waals surface area contributed by atoms with Gasteiger partial charge in [-0.15, -0.1) is 0 Å². The van der Waals surface area contributed by atoms with E-state index in [2.05, 4.69) is 4.99 Å². The van der Waals surface area contributed by atoms with E-state index in [-0.39, 0.29) is 5.75 Å². The molecule has 24 heavy (non-hydrogen) atoms. The summed E-state index contributed by atoms with van der Waals surface area (Å²) in [5.74, 6) is -0.000317. The molecular formula is C21H17NO2. The molecule has 3 heteroatoms. The van der Waals surface area contributed by atoms with Gasteiger partial charge in [0.15, 0.2) is 6.29 Å². The van der Waals surface area contributed by atoms with Crippen molar-refractivity contribution in [3.63, 3.8) is 0 Å². The summed E-state index contributed by atoms with van der Waals surface area (Å²) in [6, 6.07) is 19.2. The van der Waals surface area contributed by atoms with Gasteiger partial charge in [-0.25, -0.2) is 0 Å². The normalized spacial score (nSPS) is 12.0. The van der Waals surface area contributed by atoms with Crippen LogP contribution in [0, 0.1) is 0 Å². The Morgan fingerprint density at radius 2 is 1.79 bits per heavy atom. The second kappa shape index (κ2) is 6.92. The Labute approximate surface area is 140 Å². The van der Waals surface area contributed by atoms with Crippen molar-refractivity contribution < 1.29 is 9.90 Å². The number of benzene rings is 3. The van der Waals surface area contributed by atoms with Gasteiger partial charge in [0.1, 0.15) is 5.75 Å². The van der Waals surface area contributed by atoms with Crippen molar-refractivity contribution in [2.75, 3.05) is 0 Å². The zero-order valence-electron chi connectivity index (χ0n) is 13.3. The molecule has 118 valence electrons. The Morgan fingerprint density at radius 1 is 1.00 bits per heavy atom. The van der Waals surface area contributed by atoms with Crippen molar-refractivity contribution in [1.82, 2.24) is 0 Å². The number of rotatable bonds is 4. The van der Waals surface area contributed by atoms with Crippen LogP contribution in [-0.4, -0.2) is 17.6 Å². The second-order valence-corrected chi connectivity index (χ2v) is 5.37. The minimum absolute atomic E-state index is 0.000317. The van der Waals surface area contributed by atoms with Gasteiger partial charge in [0.2, 0.25) is 0 Å². The molecule has 0 fully saturated rings. The first kappa shape index (κ1) is 15.7. The molecular weight excluding hydrogens is 298 g/mol. The van der Waals surface area contributed by atoms with E-state index in [4.69, 9.17) is 0 Å². The first-order valence-electron chi connectivity index (χ1n) is 7.69. The molecule has 0 saturated carbocycles. The molecule has 3 aromatic carbocycles. The summed E-state index contributed by atoms with van der Waals surface area (Å²) in [6.45, 7) is 1.87. The van der Waals surface area contributed by atoms with Gasteiger partial charge in [-0.1, -0.05) is 48.5 Å². The third-order valence-corrected chi connectivity index (χ3v) is 3.90. The van der Waals surface area contributed by atoms with E-state index < -0.39 is 0 Å². The molecule has 0 saturated heterocycles. The lowest BCUT2D eigenvalue weighted by Gasteiger charge is -2.10. The van der Waals surface area contributed by atoms with Crippen LogP contribution in [-0.2, 0) is 0 Å². The number of hydrogen-bond donors (Lipinski definition) is 1. The predicted molar refractivity (Wildman–Crippen MR) is 98.7 cm³/mol. The highest BCUT2D eigenvalue weighted by molar-refractivity contribution is 6.02. The lowest BCUT2D eigenvalue weighted by atomic mass is 9.95. The molecule has 0 atom stereocenters. The first-order chi connectivity index (χ1) is 11.7. The lowest BCUT2D eigenvalue weighted by Crippen LogP contribution is -1.90. The molecule has 1 N–H and O–H groups in total. The number of nitrogens with zero attached hydrogens (tertiary/aromatic N) is 1. The van der Waals surface area contributed by atoms with Crippen molar-refractivity contribution >= 4 is 28.8 Å². The zero-order chi connectivity index (χ0) is 16.9. The molecule has 0 spiro atoms. The van der Waals surface area contributed by atoms with Crippen LogP contribution in [0.25, 0.3) is 16.3 Å². The third-order valence-electron chi connectivity index (χ3n) is 3.90. The summed E-state index contributed by atoms with van der Waals surface area (Å²) in [4.78, 5) is 15.5. The molecule has 3 aromatic rings. The second-order valence-electron chi connectivity index (χ2n) is 5.37. The Bertz CT molecular complexity index is 941. The van der Waals surface area contributed by atoms with Gasteiger partial charge in [0, 0.05) is 18.0 Å². The van der Waals surface area contributed by atoms with Crippen molar-refractivity contribution in [1.29, 1.82) is 0 Å². The van der Waals surface area contributed by atoms with Crippen LogP contribution in [0.1, 0.15) is 28.4 Å². The van der Waals surface area contributed by atoms with Crippen LogP contribution in [0.3, 0.4) is 0 Å². The van der Waals surface area contributed by atoms with Crippen LogP contribution < -0.4 is 0 Å². The summed E-state index contributed by atoms with van der Waals surface area (Å²) in [5.41, 5.74) is 3.38. The van der Waals surface area contributed by atoms with E-state index >= 15 is 0 Å². The Kier molecular flexibility index (Phi) is 4.52. The van der Waals surface area contributed by atoms with Gasteiger partial charge in [-0.2, -0.15) is 0 Å². The van der Waals surface area contributed by atoms with Crippen LogP contribution in [0.15, 0.2) is 71.9 Å². The molecule has 0 aliphatic heterocycles. The lowest BCUT2D eigenvalue weighted by molar-refractivity contribution is 0.112. The Hall–Kier alpha value is -3.20. The van der Waals surface area contributed by atoms with Crippen molar-refractivity contribution in [2.24, 2.45) is 4.99 Å². The SMILES string of the molecule is C/C=N\C=C(/c1ccccc1)c1ccc2c(C=O)c(O)ccc2c1. The predicted octanol–water partition coefficient (Wildman–Crippen LogP) is 4.84. The van der Waals surface area contributed by atoms with Crippen LogP contribution in [0.5, 0.6) is 5.75 Å². The molecule has 3 nitrogen and oxygen atoms in total. The van der Waals surface area contributed by atoms with E-state index in [9.17, 15) is 9.90 Å². The summed E-state index contributed by atoms with van der Waals surface area (Å²) in [7, 11) is 0. The van der Waals surface area contributed by atoms with Gasteiger partial charge in [0.05, 0.1) is 5.56 Å². The number of phenolic OH excluding ortho intramolecular Hbond substituents is 1. The summed E-state index contributed by atoms with van der Waals surface area (Å²) >= 11 is 0. The number of hydrogen-bond acceptors (Lipinski definition) is 3. The smallest absolute Gasteiger partial charge is 0.154 e. The van der Waals surface area contributed by atoms with E-state index in [1.807, 2.05) is 67.7 Å². The van der Waals surface area contributed by atoms with E-state index in [1.165, 1.54) is 0 Å². The van der Waals surface area contributed by atoms with Crippen LogP contribution in [0.4, 0.5) is 0 Å². The van der Waals surface area contributed by atoms with Gasteiger partial charge in [-0.3, -0.25) is 9.79 Å². The zero-order valence-corrected chi connectivity index (χ0v) is 13.3. The van der Waals surface area contributed by atoms with Gasteiger partial charge >= 0.3 is 0 Å².